The number of likely N-dealkylation sites (N-methyl/N-ethyl adjacent to an activating group) is 3. The Hall–Kier alpha value is -0.640. The lowest BCUT2D eigenvalue weighted by Crippen LogP contribution is -2.47. The monoisotopic (exact) mass is 949 g/mol. The van der Waals surface area contributed by atoms with Crippen molar-refractivity contribution in [3.63, 3.8) is 0 Å². The highest BCUT2D eigenvalue weighted by Crippen LogP contribution is 2.23. The summed E-state index contributed by atoms with van der Waals surface area (Å²) in [5, 5.41) is 33.2. The minimum absolute atomic E-state index is 0.710. The van der Waals surface area contributed by atoms with E-state index in [9.17, 15) is 0 Å². The summed E-state index contributed by atoms with van der Waals surface area (Å²) in [5.41, 5.74) is 6.22. The molecule has 0 aromatic heterocycles. The standard InChI is InChI=1S/C51H112N16/c1-4-54-28-40-67(51-16-5-6-17-51)41-29-58-27-37-65(43-42-62(3)33-24-56-20-19-55-21-22-59-48-10-7-11-48)36-26-57-25-35-63(32-18-52)44-46-66(39-31-61-50-14-9-15-50)47-45-64(34-23-53-2)38-30-60-49-12-8-13-49/h48-51,53-61H,4-47,52H2,1-3H3. The maximum absolute atomic E-state index is 6.22. The van der Waals surface area contributed by atoms with Crippen molar-refractivity contribution in [3.8, 4) is 0 Å². The predicted octanol–water partition coefficient (Wildman–Crippen LogP) is -0.0569. The van der Waals surface area contributed by atoms with Crippen molar-refractivity contribution >= 4 is 0 Å². The number of hydrogen-bond donors (Lipinski definition) is 10. The Morgan fingerprint density at radius 2 is 0.761 bits per heavy atom. The van der Waals surface area contributed by atoms with E-state index in [2.05, 4.69) is 98.3 Å². The molecular weight excluding hydrogens is 837 g/mol. The van der Waals surface area contributed by atoms with Crippen molar-refractivity contribution in [2.24, 2.45) is 5.73 Å². The van der Waals surface area contributed by atoms with Crippen molar-refractivity contribution in [1.29, 1.82) is 0 Å². The third kappa shape index (κ3) is 28.9. The molecule has 0 radical (unpaired) electrons. The van der Waals surface area contributed by atoms with Gasteiger partial charge >= 0.3 is 0 Å². The average molecular weight is 950 g/mol. The molecule has 0 atom stereocenters. The van der Waals surface area contributed by atoms with Crippen LogP contribution in [0.3, 0.4) is 0 Å². The maximum atomic E-state index is 6.22. The third-order valence-corrected chi connectivity index (χ3v) is 15.4. The Kier molecular flexibility index (Phi) is 35.1. The van der Waals surface area contributed by atoms with E-state index in [1.54, 1.807) is 0 Å². The minimum atomic E-state index is 0.710. The summed E-state index contributed by atoms with van der Waals surface area (Å²) in [6.45, 7) is 35.2. The smallest absolute Gasteiger partial charge is 0.0110 e. The number of hydrogen-bond acceptors (Lipinski definition) is 16. The highest BCUT2D eigenvalue weighted by atomic mass is 15.3. The van der Waals surface area contributed by atoms with Crippen LogP contribution in [0.1, 0.15) is 90.4 Å². The molecule has 4 fully saturated rings. The van der Waals surface area contributed by atoms with Crippen LogP contribution in [0.2, 0.25) is 0 Å². The molecule has 67 heavy (non-hydrogen) atoms. The molecule has 0 amide bonds. The summed E-state index contributed by atoms with van der Waals surface area (Å²) in [5.74, 6) is 0. The second-order valence-corrected chi connectivity index (χ2v) is 20.6. The van der Waals surface area contributed by atoms with Crippen LogP contribution in [0.25, 0.3) is 0 Å². The van der Waals surface area contributed by atoms with Gasteiger partial charge in [-0.1, -0.05) is 39.0 Å². The van der Waals surface area contributed by atoms with E-state index >= 15 is 0 Å². The molecule has 16 nitrogen and oxygen atoms in total. The Morgan fingerprint density at radius 3 is 1.25 bits per heavy atom. The number of nitrogens with zero attached hydrogens (tertiary/aromatic N) is 6. The summed E-state index contributed by atoms with van der Waals surface area (Å²) in [6, 6.07) is 3.05. The topological polar surface area (TPSA) is 154 Å². The van der Waals surface area contributed by atoms with Gasteiger partial charge in [-0.25, -0.2) is 0 Å². The Balaban J connectivity index is 1.16. The lowest BCUT2D eigenvalue weighted by Gasteiger charge is -2.32. The van der Waals surface area contributed by atoms with Crippen molar-refractivity contribution in [2.45, 2.75) is 115 Å². The van der Waals surface area contributed by atoms with E-state index in [1.165, 1.54) is 90.0 Å². The first kappa shape index (κ1) is 58.9. The van der Waals surface area contributed by atoms with Crippen LogP contribution in [0, 0.1) is 0 Å². The zero-order chi connectivity index (χ0) is 47.3. The third-order valence-electron chi connectivity index (χ3n) is 15.4. The van der Waals surface area contributed by atoms with Crippen LogP contribution in [0.15, 0.2) is 0 Å². The van der Waals surface area contributed by atoms with Crippen LogP contribution in [0.4, 0.5) is 0 Å². The summed E-state index contributed by atoms with van der Waals surface area (Å²) >= 11 is 0. The molecule has 396 valence electrons. The van der Waals surface area contributed by atoms with Gasteiger partial charge in [0.15, 0.2) is 0 Å². The SMILES string of the molecule is CCNCCN(CCNCCN(CCNCCN(CCN)CCN(CCNC1CCC1)CCN(CCNC)CCNC1CCC1)CCN(C)CCNCCNCCNC1CCC1)C1CCCC1. The Bertz CT molecular complexity index is 1090. The molecule has 0 saturated heterocycles. The second-order valence-electron chi connectivity index (χ2n) is 20.6. The fourth-order valence-corrected chi connectivity index (χ4v) is 9.87. The molecule has 0 bridgehead atoms. The van der Waals surface area contributed by atoms with Crippen LogP contribution in [-0.2, 0) is 0 Å². The van der Waals surface area contributed by atoms with Crippen LogP contribution in [0.5, 0.6) is 0 Å². The number of nitrogens with two attached hydrogens (primary N) is 1. The molecule has 11 N–H and O–H groups in total. The van der Waals surface area contributed by atoms with Crippen molar-refractivity contribution in [2.75, 3.05) is 217 Å². The van der Waals surface area contributed by atoms with Gasteiger partial charge in [0.1, 0.15) is 0 Å². The number of nitrogens with one attached hydrogen (secondary N) is 9. The summed E-state index contributed by atoms with van der Waals surface area (Å²) in [4.78, 5) is 15.9. The number of rotatable bonds is 49. The van der Waals surface area contributed by atoms with Gasteiger partial charge in [0.25, 0.3) is 0 Å². The zero-order valence-electron chi connectivity index (χ0n) is 44.2. The van der Waals surface area contributed by atoms with E-state index in [1.807, 2.05) is 0 Å². The largest absolute Gasteiger partial charge is 0.329 e. The summed E-state index contributed by atoms with van der Waals surface area (Å²) in [6.07, 6.45) is 17.9. The molecule has 0 spiro atoms. The lowest BCUT2D eigenvalue weighted by atomic mass is 9.93. The van der Waals surface area contributed by atoms with Gasteiger partial charge in [-0.15, -0.1) is 0 Å². The van der Waals surface area contributed by atoms with Gasteiger partial charge in [-0.3, -0.25) is 24.5 Å². The summed E-state index contributed by atoms with van der Waals surface area (Å²) in [7, 11) is 4.37. The molecule has 4 aliphatic carbocycles. The van der Waals surface area contributed by atoms with E-state index < -0.39 is 0 Å². The van der Waals surface area contributed by atoms with E-state index in [0.717, 1.165) is 214 Å². The molecule has 0 aromatic rings. The molecule has 0 aromatic carbocycles. The van der Waals surface area contributed by atoms with Gasteiger partial charge in [0.05, 0.1) is 0 Å². The van der Waals surface area contributed by atoms with Crippen molar-refractivity contribution in [1.82, 2.24) is 77.3 Å². The Labute approximate surface area is 413 Å². The molecule has 0 unspecified atom stereocenters. The first-order valence-electron chi connectivity index (χ1n) is 28.5. The Morgan fingerprint density at radius 1 is 0.373 bits per heavy atom. The minimum Gasteiger partial charge on any atom is -0.329 e. The second kappa shape index (κ2) is 39.9. The van der Waals surface area contributed by atoms with Gasteiger partial charge in [0.2, 0.25) is 0 Å². The van der Waals surface area contributed by atoms with E-state index in [-0.39, 0.29) is 0 Å². The average Bonchev–Trinajstić information content (AvgIpc) is 3.83. The van der Waals surface area contributed by atoms with E-state index in [4.69, 9.17) is 5.73 Å². The fraction of sp³-hybridized carbons (Fsp3) is 1.00. The van der Waals surface area contributed by atoms with Gasteiger partial charge in [-0.2, -0.15) is 0 Å². The first-order chi connectivity index (χ1) is 33.1. The molecule has 0 aliphatic heterocycles. The predicted molar refractivity (Wildman–Crippen MR) is 287 cm³/mol. The molecular formula is C51H112N16. The van der Waals surface area contributed by atoms with Gasteiger partial charge in [0, 0.05) is 221 Å². The lowest BCUT2D eigenvalue weighted by molar-refractivity contribution is 0.171. The zero-order valence-corrected chi connectivity index (χ0v) is 44.2. The van der Waals surface area contributed by atoms with Crippen LogP contribution >= 0.6 is 0 Å². The van der Waals surface area contributed by atoms with Gasteiger partial charge in [-0.05, 0) is 72.0 Å². The quantitative estimate of drug-likeness (QED) is 0.0371. The fourth-order valence-electron chi connectivity index (χ4n) is 9.87. The molecule has 4 aliphatic rings. The maximum Gasteiger partial charge on any atom is 0.0110 e. The summed E-state index contributed by atoms with van der Waals surface area (Å²) < 4.78 is 0. The highest BCUT2D eigenvalue weighted by Gasteiger charge is 2.22. The van der Waals surface area contributed by atoms with E-state index in [0.29, 0.717) is 6.54 Å². The van der Waals surface area contributed by atoms with Crippen LogP contribution < -0.4 is 53.6 Å². The molecule has 4 saturated carbocycles. The van der Waals surface area contributed by atoms with Gasteiger partial charge < -0.3 is 58.5 Å². The molecule has 0 heterocycles. The van der Waals surface area contributed by atoms with Crippen molar-refractivity contribution < 1.29 is 0 Å². The first-order valence-corrected chi connectivity index (χ1v) is 28.5. The highest BCUT2D eigenvalue weighted by molar-refractivity contribution is 4.81. The normalized spacial score (nSPS) is 17.6. The van der Waals surface area contributed by atoms with Crippen LogP contribution in [-0.4, -0.2) is 271 Å². The molecule has 16 heteroatoms. The van der Waals surface area contributed by atoms with Crippen molar-refractivity contribution in [3.05, 3.63) is 0 Å². The molecule has 4 rings (SSSR count).